The van der Waals surface area contributed by atoms with Crippen LogP contribution in [0.2, 0.25) is 10.0 Å². The number of carbonyl (C=O) groups is 2. The van der Waals surface area contributed by atoms with E-state index < -0.39 is 34.7 Å². The van der Waals surface area contributed by atoms with Crippen molar-refractivity contribution in [3.63, 3.8) is 0 Å². The number of benzene rings is 2. The topological polar surface area (TPSA) is 49.4 Å². The number of amides is 2. The number of nitrogens with zero attached hydrogens (tertiary/aromatic N) is 1. The van der Waals surface area contributed by atoms with Crippen LogP contribution in [0, 0.1) is 0 Å². The van der Waals surface area contributed by atoms with Gasteiger partial charge in [0.15, 0.2) is 0 Å². The largest absolute Gasteiger partial charge is 0.417 e. The fourth-order valence-corrected chi connectivity index (χ4v) is 2.89. The van der Waals surface area contributed by atoms with Crippen LogP contribution >= 0.6 is 23.2 Å². The Morgan fingerprint density at radius 3 is 2.11 bits per heavy atom. The molecule has 1 N–H and O–H groups in total. The molecule has 2 aromatic carbocycles. The van der Waals surface area contributed by atoms with E-state index in [-0.39, 0.29) is 10.6 Å². The maximum atomic E-state index is 13.3. The number of nitrogens with one attached hydrogen (secondary N) is 1. The summed E-state index contributed by atoms with van der Waals surface area (Å²) in [5.41, 5.74) is -0.304. The molecule has 0 heterocycles. The molecule has 2 aromatic rings. The van der Waals surface area contributed by atoms with E-state index in [1.165, 1.54) is 30.3 Å². The molecule has 4 nitrogen and oxygen atoms in total. The molecule has 0 aliphatic heterocycles. The second kappa shape index (κ2) is 8.01. The van der Waals surface area contributed by atoms with Gasteiger partial charge < -0.3 is 0 Å². The predicted molar refractivity (Wildman–Crippen MR) is 101 cm³/mol. The average molecular weight is 433 g/mol. The van der Waals surface area contributed by atoms with Crippen molar-refractivity contribution in [1.29, 1.82) is 0 Å². The molecule has 0 atom stereocenters. The van der Waals surface area contributed by atoms with Gasteiger partial charge in [-0.15, -0.1) is 0 Å². The summed E-state index contributed by atoms with van der Waals surface area (Å²) < 4.78 is 39.9. The van der Waals surface area contributed by atoms with Crippen molar-refractivity contribution in [2.45, 2.75) is 32.5 Å². The van der Waals surface area contributed by atoms with E-state index in [1.807, 2.05) is 0 Å². The van der Waals surface area contributed by atoms with Gasteiger partial charge in [0.1, 0.15) is 0 Å². The zero-order valence-corrected chi connectivity index (χ0v) is 16.7. The molecule has 0 unspecified atom stereocenters. The lowest BCUT2D eigenvalue weighted by Gasteiger charge is -2.36. The molecule has 0 spiro atoms. The van der Waals surface area contributed by atoms with Crippen LogP contribution in [0.3, 0.4) is 0 Å². The van der Waals surface area contributed by atoms with Crippen molar-refractivity contribution in [1.82, 2.24) is 10.4 Å². The number of rotatable bonds is 2. The van der Waals surface area contributed by atoms with Gasteiger partial charge in [0.2, 0.25) is 0 Å². The molecule has 2 rings (SSSR count). The van der Waals surface area contributed by atoms with Gasteiger partial charge >= 0.3 is 6.18 Å². The number of hydrogen-bond acceptors (Lipinski definition) is 2. The van der Waals surface area contributed by atoms with E-state index in [0.29, 0.717) is 5.02 Å². The van der Waals surface area contributed by atoms with Crippen molar-refractivity contribution >= 4 is 35.0 Å². The van der Waals surface area contributed by atoms with Gasteiger partial charge in [0.05, 0.1) is 27.3 Å². The predicted octanol–water partition coefficient (Wildman–Crippen LogP) is 5.60. The Kier molecular flexibility index (Phi) is 6.31. The highest BCUT2D eigenvalue weighted by Crippen LogP contribution is 2.33. The third-order valence-electron chi connectivity index (χ3n) is 3.73. The third-order valence-corrected chi connectivity index (χ3v) is 4.27. The molecule has 0 aliphatic rings. The molecule has 0 fully saturated rings. The van der Waals surface area contributed by atoms with Gasteiger partial charge in [0.25, 0.3) is 11.8 Å². The lowest BCUT2D eigenvalue weighted by Crippen LogP contribution is -2.56. The van der Waals surface area contributed by atoms with Crippen LogP contribution in [-0.4, -0.2) is 22.4 Å². The molecule has 0 bridgehead atoms. The fourth-order valence-electron chi connectivity index (χ4n) is 2.40. The Balaban J connectivity index is 2.43. The first-order chi connectivity index (χ1) is 12.8. The summed E-state index contributed by atoms with van der Waals surface area (Å²) >= 11 is 11.8. The Morgan fingerprint density at radius 2 is 1.57 bits per heavy atom. The molecular weight excluding hydrogens is 416 g/mol. The SMILES string of the molecule is CC(C)(C)N(NC(=O)c1ccc(Cl)cc1Cl)C(=O)c1ccccc1C(F)(F)F. The lowest BCUT2D eigenvalue weighted by molar-refractivity contribution is -0.138. The summed E-state index contributed by atoms with van der Waals surface area (Å²) in [6, 6.07) is 8.52. The number of halogens is 5. The molecule has 150 valence electrons. The monoisotopic (exact) mass is 432 g/mol. The van der Waals surface area contributed by atoms with Gasteiger partial charge in [-0.2, -0.15) is 13.2 Å². The quantitative estimate of drug-likeness (QED) is 0.627. The van der Waals surface area contributed by atoms with E-state index in [1.54, 1.807) is 20.8 Å². The van der Waals surface area contributed by atoms with Crippen molar-refractivity contribution < 1.29 is 22.8 Å². The smallest absolute Gasteiger partial charge is 0.267 e. The minimum absolute atomic E-state index is 0.0252. The zero-order chi connectivity index (χ0) is 21.3. The Bertz CT molecular complexity index is 909. The van der Waals surface area contributed by atoms with E-state index in [4.69, 9.17) is 23.2 Å². The second-order valence-corrected chi connectivity index (χ2v) is 7.76. The van der Waals surface area contributed by atoms with Crippen LogP contribution in [0.1, 0.15) is 47.1 Å². The van der Waals surface area contributed by atoms with Crippen LogP contribution in [0.4, 0.5) is 13.2 Å². The number of carbonyl (C=O) groups excluding carboxylic acids is 2. The zero-order valence-electron chi connectivity index (χ0n) is 15.2. The first-order valence-electron chi connectivity index (χ1n) is 8.09. The summed E-state index contributed by atoms with van der Waals surface area (Å²) in [5, 5.41) is 1.21. The van der Waals surface area contributed by atoms with Crippen LogP contribution in [-0.2, 0) is 6.18 Å². The Morgan fingerprint density at radius 1 is 0.964 bits per heavy atom. The molecule has 0 aromatic heterocycles. The molecule has 9 heteroatoms. The summed E-state index contributed by atoms with van der Waals surface area (Å²) in [7, 11) is 0. The van der Waals surface area contributed by atoms with Gasteiger partial charge in [-0.05, 0) is 51.1 Å². The maximum absolute atomic E-state index is 13.3. The molecule has 2 amide bonds. The van der Waals surface area contributed by atoms with E-state index in [2.05, 4.69) is 5.43 Å². The molecule has 0 radical (unpaired) electrons. The highest BCUT2D eigenvalue weighted by atomic mass is 35.5. The minimum Gasteiger partial charge on any atom is -0.267 e. The Labute approximate surface area is 170 Å². The summed E-state index contributed by atoms with van der Waals surface area (Å²) in [6.07, 6.45) is -4.72. The summed E-state index contributed by atoms with van der Waals surface area (Å²) in [5.74, 6) is -1.76. The molecule has 28 heavy (non-hydrogen) atoms. The van der Waals surface area contributed by atoms with Gasteiger partial charge in [-0.25, -0.2) is 5.01 Å². The van der Waals surface area contributed by atoms with Crippen LogP contribution < -0.4 is 5.43 Å². The molecule has 0 saturated carbocycles. The molecule has 0 aliphatic carbocycles. The van der Waals surface area contributed by atoms with Gasteiger partial charge in [-0.3, -0.25) is 15.0 Å². The summed E-state index contributed by atoms with van der Waals surface area (Å²) in [6.45, 7) is 4.72. The highest BCUT2D eigenvalue weighted by molar-refractivity contribution is 6.36. The first kappa shape index (κ1) is 22.0. The normalized spacial score (nSPS) is 11.9. The average Bonchev–Trinajstić information content (AvgIpc) is 2.57. The van der Waals surface area contributed by atoms with Crippen LogP contribution in [0.5, 0.6) is 0 Å². The van der Waals surface area contributed by atoms with Crippen molar-refractivity contribution in [3.05, 3.63) is 69.2 Å². The van der Waals surface area contributed by atoms with E-state index in [0.717, 1.165) is 17.1 Å². The van der Waals surface area contributed by atoms with Crippen molar-refractivity contribution in [2.24, 2.45) is 0 Å². The lowest BCUT2D eigenvalue weighted by atomic mass is 10.0. The van der Waals surface area contributed by atoms with Gasteiger partial charge in [-0.1, -0.05) is 35.3 Å². The highest BCUT2D eigenvalue weighted by Gasteiger charge is 2.38. The van der Waals surface area contributed by atoms with Crippen molar-refractivity contribution in [2.75, 3.05) is 0 Å². The van der Waals surface area contributed by atoms with Crippen LogP contribution in [0.25, 0.3) is 0 Å². The fraction of sp³-hybridized carbons (Fsp3) is 0.263. The third kappa shape index (κ3) is 4.97. The van der Waals surface area contributed by atoms with Gasteiger partial charge in [0, 0.05) is 5.02 Å². The summed E-state index contributed by atoms with van der Waals surface area (Å²) in [4.78, 5) is 25.5. The number of hydrazine groups is 1. The maximum Gasteiger partial charge on any atom is 0.417 e. The van der Waals surface area contributed by atoms with E-state index in [9.17, 15) is 22.8 Å². The van der Waals surface area contributed by atoms with Crippen molar-refractivity contribution in [3.8, 4) is 0 Å². The first-order valence-corrected chi connectivity index (χ1v) is 8.85. The molecule has 0 saturated heterocycles. The molecular formula is C19H17Cl2F3N2O2. The number of alkyl halides is 3. The Hall–Kier alpha value is -2.25. The van der Waals surface area contributed by atoms with Crippen LogP contribution in [0.15, 0.2) is 42.5 Å². The second-order valence-electron chi connectivity index (χ2n) is 6.92. The van der Waals surface area contributed by atoms with E-state index >= 15 is 0 Å². The number of hydrogen-bond donors (Lipinski definition) is 1. The standard InChI is InChI=1S/C19H17Cl2F3N2O2/c1-18(2,3)26(25-16(27)13-9-8-11(20)10-15(13)21)17(28)12-6-4-5-7-14(12)19(22,23)24/h4-10H,1-3H3,(H,25,27). The minimum atomic E-state index is -4.72.